The van der Waals surface area contributed by atoms with E-state index in [1.807, 2.05) is 18.2 Å². The van der Waals surface area contributed by atoms with E-state index in [1.165, 1.54) is 0 Å². The molecule has 0 bridgehead atoms. The van der Waals surface area contributed by atoms with Gasteiger partial charge in [0.05, 0.1) is 6.04 Å². The Hall–Kier alpha value is -1.70. The molecule has 0 spiro atoms. The molecule has 0 amide bonds. The zero-order chi connectivity index (χ0) is 13.2. The number of nitrogens with zero attached hydrogens (tertiary/aromatic N) is 1. The van der Waals surface area contributed by atoms with Crippen molar-refractivity contribution in [2.45, 2.75) is 18.8 Å². The molecule has 0 aromatic carbocycles. The lowest BCUT2D eigenvalue weighted by Crippen LogP contribution is -2.29. The summed E-state index contributed by atoms with van der Waals surface area (Å²) in [5, 5.41) is 0. The Morgan fingerprint density at radius 2 is 2.06 bits per heavy atom. The van der Waals surface area contributed by atoms with Crippen LogP contribution in [-0.2, 0) is 0 Å². The second kappa shape index (κ2) is 8.40. The van der Waals surface area contributed by atoms with Crippen LogP contribution in [0.2, 0.25) is 6.32 Å². The van der Waals surface area contributed by atoms with Crippen LogP contribution in [0, 0.1) is 0 Å². The summed E-state index contributed by atoms with van der Waals surface area (Å²) >= 11 is 0. The van der Waals surface area contributed by atoms with Gasteiger partial charge in [0.1, 0.15) is 0 Å². The molecule has 1 aliphatic heterocycles. The van der Waals surface area contributed by atoms with Crippen LogP contribution in [0.3, 0.4) is 0 Å². The summed E-state index contributed by atoms with van der Waals surface area (Å²) in [6.07, 6.45) is 16.3. The Kier molecular flexibility index (Phi) is 6.71. The van der Waals surface area contributed by atoms with Crippen LogP contribution in [0.1, 0.15) is 6.42 Å². The second-order valence-electron chi connectivity index (χ2n) is 4.37. The van der Waals surface area contributed by atoms with Gasteiger partial charge in [-0.1, -0.05) is 42.4 Å². The van der Waals surface area contributed by atoms with Crippen LogP contribution in [0.5, 0.6) is 0 Å². The maximum atomic E-state index is 3.89. The molecule has 1 atom stereocenters. The van der Waals surface area contributed by atoms with Crippen LogP contribution >= 0.6 is 0 Å². The van der Waals surface area contributed by atoms with E-state index in [0.29, 0.717) is 12.8 Å². The fourth-order valence-electron chi connectivity index (χ4n) is 1.96. The van der Waals surface area contributed by atoms with E-state index in [4.69, 9.17) is 0 Å². The molecule has 1 nitrogen and oxygen atoms in total. The fourth-order valence-corrected chi connectivity index (χ4v) is 1.96. The van der Waals surface area contributed by atoms with Crippen LogP contribution in [0.4, 0.5) is 0 Å². The molecule has 0 saturated heterocycles. The highest BCUT2D eigenvalue weighted by Gasteiger charge is 2.10. The first-order valence-electron chi connectivity index (χ1n) is 6.43. The Balaban J connectivity index is 2.65. The first-order chi connectivity index (χ1) is 8.81. The third-order valence-electron chi connectivity index (χ3n) is 2.98. The molecule has 1 aliphatic rings. The molecule has 0 aliphatic carbocycles. The van der Waals surface area contributed by atoms with E-state index >= 15 is 0 Å². The van der Waals surface area contributed by atoms with Gasteiger partial charge in [-0.2, -0.15) is 0 Å². The number of rotatable bonds is 8. The third kappa shape index (κ3) is 4.66. The fraction of sp³-hybridized carbons (Fsp3) is 0.250. The van der Waals surface area contributed by atoms with Crippen LogP contribution in [0.15, 0.2) is 74.3 Å². The van der Waals surface area contributed by atoms with E-state index < -0.39 is 0 Å². The molecular weight excluding hydrogens is 217 g/mol. The van der Waals surface area contributed by atoms with Crippen LogP contribution in [-0.4, -0.2) is 24.2 Å². The maximum absolute atomic E-state index is 3.89. The number of hydrogen-bond acceptors (Lipinski definition) is 1. The summed E-state index contributed by atoms with van der Waals surface area (Å²) < 4.78 is 0. The average Bonchev–Trinajstić information content (AvgIpc) is 2.42. The molecule has 0 aromatic rings. The quantitative estimate of drug-likeness (QED) is 0.459. The van der Waals surface area contributed by atoms with Crippen molar-refractivity contribution in [3.63, 3.8) is 0 Å². The van der Waals surface area contributed by atoms with Gasteiger partial charge < -0.3 is 4.90 Å². The third-order valence-corrected chi connectivity index (χ3v) is 2.98. The Bertz CT molecular complexity index is 365. The zero-order valence-electron chi connectivity index (χ0n) is 11.0. The second-order valence-corrected chi connectivity index (χ2v) is 4.37. The van der Waals surface area contributed by atoms with Crippen molar-refractivity contribution in [1.82, 2.24) is 4.90 Å². The van der Waals surface area contributed by atoms with Crippen molar-refractivity contribution in [3.8, 4) is 0 Å². The molecule has 0 aromatic heterocycles. The molecular formula is C16H22BN. The topological polar surface area (TPSA) is 3.24 Å². The van der Waals surface area contributed by atoms with Crippen molar-refractivity contribution in [2.24, 2.45) is 0 Å². The molecule has 0 N–H and O–H groups in total. The van der Waals surface area contributed by atoms with Gasteiger partial charge in [-0.15, -0.1) is 25.7 Å². The van der Waals surface area contributed by atoms with Gasteiger partial charge in [0.2, 0.25) is 0 Å². The van der Waals surface area contributed by atoms with Crippen molar-refractivity contribution in [3.05, 3.63) is 74.3 Å². The van der Waals surface area contributed by atoms with E-state index in [0.717, 1.165) is 19.3 Å². The van der Waals surface area contributed by atoms with Crippen molar-refractivity contribution in [1.29, 1.82) is 0 Å². The Labute approximate surface area is 112 Å². The maximum Gasteiger partial charge on any atom is 0.197 e. The van der Waals surface area contributed by atoms with Crippen molar-refractivity contribution in [2.75, 3.05) is 6.54 Å². The highest BCUT2D eigenvalue weighted by molar-refractivity contribution is 6.70. The van der Waals surface area contributed by atoms with Gasteiger partial charge in [-0.05, 0) is 18.9 Å². The van der Waals surface area contributed by atoms with E-state index in [1.54, 1.807) is 0 Å². The van der Waals surface area contributed by atoms with E-state index in [9.17, 15) is 0 Å². The number of hydrogen-bond donors (Lipinski definition) is 0. The highest BCUT2D eigenvalue weighted by atomic mass is 15.1. The molecule has 0 fully saturated rings. The largest absolute Gasteiger partial charge is 0.368 e. The van der Waals surface area contributed by atoms with Gasteiger partial charge >= 0.3 is 0 Å². The summed E-state index contributed by atoms with van der Waals surface area (Å²) in [6.45, 7) is 12.8. The Morgan fingerprint density at radius 1 is 1.22 bits per heavy atom. The van der Waals surface area contributed by atoms with Gasteiger partial charge in [-0.25, -0.2) is 0 Å². The summed E-state index contributed by atoms with van der Waals surface area (Å²) in [4.78, 5) is 2.24. The molecule has 1 rings (SSSR count). The van der Waals surface area contributed by atoms with Gasteiger partial charge in [-0.3, -0.25) is 0 Å². The molecule has 2 heteroatoms. The van der Waals surface area contributed by atoms with Crippen molar-refractivity contribution >= 4 is 6.71 Å². The molecule has 18 heavy (non-hydrogen) atoms. The molecule has 94 valence electrons. The first-order valence-corrected chi connectivity index (χ1v) is 6.43. The standard InChI is InChI=1S/C16H22BN/c1-4-10-16(6-3)18(14-5-2)15-13-17-11-8-7-9-12-17/h4-9,11,13,15-16H,1-3,10,12,14H2/b15-13+. The minimum atomic E-state index is 0.292. The minimum Gasteiger partial charge on any atom is -0.368 e. The van der Waals surface area contributed by atoms with Gasteiger partial charge in [0.15, 0.2) is 6.71 Å². The zero-order valence-corrected chi connectivity index (χ0v) is 11.0. The average molecular weight is 239 g/mol. The van der Waals surface area contributed by atoms with Crippen LogP contribution in [0.25, 0.3) is 0 Å². The van der Waals surface area contributed by atoms with E-state index in [2.05, 4.69) is 61.0 Å². The monoisotopic (exact) mass is 239 g/mol. The van der Waals surface area contributed by atoms with Crippen molar-refractivity contribution < 1.29 is 0 Å². The van der Waals surface area contributed by atoms with E-state index in [-0.39, 0.29) is 0 Å². The highest BCUT2D eigenvalue weighted by Crippen LogP contribution is 2.10. The normalized spacial score (nSPS) is 15.7. The molecule has 0 saturated carbocycles. The lowest BCUT2D eigenvalue weighted by atomic mass is 9.46. The van der Waals surface area contributed by atoms with Gasteiger partial charge in [0.25, 0.3) is 0 Å². The Morgan fingerprint density at radius 3 is 2.61 bits per heavy atom. The predicted molar refractivity (Wildman–Crippen MR) is 83.7 cm³/mol. The molecule has 1 heterocycles. The smallest absolute Gasteiger partial charge is 0.197 e. The lowest BCUT2D eigenvalue weighted by molar-refractivity contribution is 0.353. The predicted octanol–water partition coefficient (Wildman–Crippen LogP) is 3.82. The SMILES string of the molecule is C=CCC(C=C)N(/C=C/B1C=CC=CC1)CC=C. The summed E-state index contributed by atoms with van der Waals surface area (Å²) in [7, 11) is 0. The van der Waals surface area contributed by atoms with Gasteiger partial charge in [0, 0.05) is 6.54 Å². The molecule has 1 unspecified atom stereocenters. The number of allylic oxidation sites excluding steroid dienone is 3. The summed E-state index contributed by atoms with van der Waals surface area (Å²) in [5.74, 6) is 4.46. The minimum absolute atomic E-state index is 0.292. The summed E-state index contributed by atoms with van der Waals surface area (Å²) in [6, 6.07) is 0.292. The summed E-state index contributed by atoms with van der Waals surface area (Å²) in [5.41, 5.74) is 0. The first kappa shape index (κ1) is 14.4. The molecule has 0 radical (unpaired) electrons. The van der Waals surface area contributed by atoms with Crippen LogP contribution < -0.4 is 0 Å². The lowest BCUT2D eigenvalue weighted by Gasteiger charge is -2.26.